The van der Waals surface area contributed by atoms with Gasteiger partial charge in [0.25, 0.3) is 0 Å². The number of aromatic nitrogens is 3. The number of H-pyrrole nitrogens is 1. The molecule has 2 N–H and O–H groups in total. The number of rotatable bonds is 4. The van der Waals surface area contributed by atoms with Gasteiger partial charge in [-0.1, -0.05) is 13.8 Å². The molecule has 2 aromatic rings. The molecule has 0 bridgehead atoms. The first-order chi connectivity index (χ1) is 10.1. The van der Waals surface area contributed by atoms with Crippen LogP contribution >= 0.6 is 0 Å². The van der Waals surface area contributed by atoms with Gasteiger partial charge in [-0.25, -0.2) is 0 Å². The molecular formula is C13H14BN4O2W-. The summed E-state index contributed by atoms with van der Waals surface area (Å²) in [6, 6.07) is 0. The van der Waals surface area contributed by atoms with Crippen LogP contribution in [0.5, 0.6) is 0 Å². The van der Waals surface area contributed by atoms with Crippen molar-refractivity contribution in [1.82, 2.24) is 20.5 Å². The second kappa shape index (κ2) is 8.52. The van der Waals surface area contributed by atoms with Gasteiger partial charge < -0.3 is 0 Å². The van der Waals surface area contributed by atoms with Gasteiger partial charge in [-0.15, -0.1) is 0 Å². The number of carbonyl (C=O) groups excluding carboxylic acids is 1. The number of hydrogen-bond donors (Lipinski definition) is 2. The molecule has 0 saturated carbocycles. The van der Waals surface area contributed by atoms with Gasteiger partial charge in [-0.2, -0.15) is 0 Å². The van der Waals surface area contributed by atoms with Crippen LogP contribution < -0.4 is 5.32 Å². The molecule has 0 unspecified atom stereocenters. The quantitative estimate of drug-likeness (QED) is 0.538. The van der Waals surface area contributed by atoms with Crippen molar-refractivity contribution in [3.8, 4) is 0 Å². The van der Waals surface area contributed by atoms with E-state index in [-0.39, 0.29) is 11.6 Å². The van der Waals surface area contributed by atoms with E-state index >= 15 is 0 Å². The third-order valence-corrected chi connectivity index (χ3v) is 3.33. The van der Waals surface area contributed by atoms with E-state index in [1.54, 1.807) is 19.2 Å². The Labute approximate surface area is 135 Å². The summed E-state index contributed by atoms with van der Waals surface area (Å²) >= 11 is 1.03. The van der Waals surface area contributed by atoms with Crippen molar-refractivity contribution in [2.24, 2.45) is 0 Å². The van der Waals surface area contributed by atoms with E-state index < -0.39 is 0 Å². The molecule has 0 atom stereocenters. The molecule has 0 spiro atoms. The number of aryl methyl sites for hydroxylation is 1. The fourth-order valence-electron chi connectivity index (χ4n) is 1.24. The zero-order valence-corrected chi connectivity index (χ0v) is 14.9. The van der Waals surface area contributed by atoms with Crippen LogP contribution in [0.3, 0.4) is 0 Å². The van der Waals surface area contributed by atoms with Crippen LogP contribution in [-0.2, 0) is 19.4 Å². The standard InChI is InChI=1S/C11H8BN4O2.C2H6.W/c1-7-16-10(6-18-7)11(17)13-5-9(12)2-8-3-14-15-4-8;1-2;/h2-3,6H,1H3,(H,13,17)(H,14,15);1-2H3;/q-1;;. The normalized spacial score (nSPS) is 10.5. The van der Waals surface area contributed by atoms with E-state index in [1.165, 1.54) is 6.26 Å². The van der Waals surface area contributed by atoms with Crippen LogP contribution in [0.1, 0.15) is 35.8 Å². The van der Waals surface area contributed by atoms with Gasteiger partial charge in [0.1, 0.15) is 0 Å². The number of nitrogens with one attached hydrogen (secondary N) is 2. The second-order valence-corrected chi connectivity index (χ2v) is 5.05. The van der Waals surface area contributed by atoms with Crippen molar-refractivity contribution in [3.63, 3.8) is 0 Å². The SMILES string of the molecule is CC.[B]C(=Cc1[c-][nH]nc1)[C](=[W])NC(=O)c1coc(C)n1. The van der Waals surface area contributed by atoms with Crippen LogP contribution in [0.25, 0.3) is 6.08 Å². The maximum absolute atomic E-state index is 11.8. The fraction of sp³-hybridized carbons (Fsp3) is 0.231. The van der Waals surface area contributed by atoms with E-state index in [1.807, 2.05) is 13.8 Å². The van der Waals surface area contributed by atoms with Crippen molar-refractivity contribution in [3.05, 3.63) is 41.3 Å². The molecule has 0 fully saturated rings. The molecule has 1 amide bonds. The maximum atomic E-state index is 11.8. The van der Waals surface area contributed by atoms with E-state index in [0.29, 0.717) is 20.9 Å². The fourth-order valence-corrected chi connectivity index (χ4v) is 1.79. The molecule has 0 aliphatic carbocycles. The summed E-state index contributed by atoms with van der Waals surface area (Å²) in [7, 11) is 5.86. The monoisotopic (exact) mass is 453 g/mol. The molecule has 6 nitrogen and oxygen atoms in total. The summed E-state index contributed by atoms with van der Waals surface area (Å²) in [6.07, 6.45) is 7.33. The number of hydrogen-bond acceptors (Lipinski definition) is 4. The van der Waals surface area contributed by atoms with Gasteiger partial charge >= 0.3 is 121 Å². The van der Waals surface area contributed by atoms with E-state index in [4.69, 9.17) is 12.3 Å². The van der Waals surface area contributed by atoms with Crippen LogP contribution in [0.4, 0.5) is 0 Å². The van der Waals surface area contributed by atoms with Gasteiger partial charge in [0.15, 0.2) is 0 Å². The molecule has 2 heterocycles. The summed E-state index contributed by atoms with van der Waals surface area (Å²) in [5.41, 5.74) is 1.38. The summed E-state index contributed by atoms with van der Waals surface area (Å²) in [5, 5.41) is 8.99. The average molecular weight is 453 g/mol. The van der Waals surface area contributed by atoms with Crippen LogP contribution in [0.15, 0.2) is 22.3 Å². The Balaban J connectivity index is 0.00000106. The molecule has 2 radical (unpaired) electrons. The van der Waals surface area contributed by atoms with Gasteiger partial charge in [0.2, 0.25) is 0 Å². The van der Waals surface area contributed by atoms with Crippen LogP contribution in [0, 0.1) is 13.1 Å². The van der Waals surface area contributed by atoms with Gasteiger partial charge in [0.05, 0.1) is 0 Å². The molecule has 8 heteroatoms. The van der Waals surface area contributed by atoms with Crippen molar-refractivity contribution in [1.29, 1.82) is 0 Å². The van der Waals surface area contributed by atoms with E-state index in [9.17, 15) is 4.79 Å². The third kappa shape index (κ3) is 5.27. The molecule has 0 aromatic carbocycles. The van der Waals surface area contributed by atoms with Gasteiger partial charge in [-0.05, 0) is 0 Å². The molecule has 21 heavy (non-hydrogen) atoms. The Morgan fingerprint density at radius 3 is 2.81 bits per heavy atom. The first-order valence-electron chi connectivity index (χ1n) is 6.22. The summed E-state index contributed by atoms with van der Waals surface area (Å²) in [4.78, 5) is 15.8. The number of nitrogens with zero attached hydrogens (tertiary/aromatic N) is 2. The average Bonchev–Trinajstić information content (AvgIpc) is 3.12. The molecule has 0 aliphatic rings. The van der Waals surface area contributed by atoms with Gasteiger partial charge in [-0.3, -0.25) is 0 Å². The second-order valence-electron chi connectivity index (χ2n) is 3.59. The van der Waals surface area contributed by atoms with Crippen molar-refractivity contribution < 1.29 is 28.6 Å². The van der Waals surface area contributed by atoms with E-state index in [0.717, 1.165) is 19.4 Å². The summed E-state index contributed by atoms with van der Waals surface area (Å²) in [6.45, 7) is 5.67. The molecular weight excluding hydrogens is 439 g/mol. The Morgan fingerprint density at radius 1 is 1.57 bits per heavy atom. The summed E-state index contributed by atoms with van der Waals surface area (Å²) < 4.78 is 5.57. The van der Waals surface area contributed by atoms with Gasteiger partial charge in [0, 0.05) is 0 Å². The number of amides is 1. The Bertz CT molecular complexity index is 634. The first-order valence-corrected chi connectivity index (χ1v) is 7.69. The predicted octanol–water partition coefficient (Wildman–Crippen LogP) is 1.15. The third-order valence-electron chi connectivity index (χ3n) is 2.12. The van der Waals surface area contributed by atoms with Crippen molar-refractivity contribution in [2.75, 3.05) is 0 Å². The van der Waals surface area contributed by atoms with Crippen molar-refractivity contribution >= 4 is 23.9 Å². The number of oxazole rings is 1. The van der Waals surface area contributed by atoms with Crippen LogP contribution in [0.2, 0.25) is 0 Å². The summed E-state index contributed by atoms with van der Waals surface area (Å²) in [5.74, 6) is 0.0843. The molecule has 0 aliphatic heterocycles. The minimum atomic E-state index is -0.352. The zero-order valence-electron chi connectivity index (χ0n) is 11.9. The molecule has 2 rings (SSSR count). The van der Waals surface area contributed by atoms with E-state index in [2.05, 4.69) is 26.7 Å². The predicted molar refractivity (Wildman–Crippen MR) is 76.2 cm³/mol. The minimum absolute atomic E-state index is 0.221. The molecule has 108 valence electrons. The topological polar surface area (TPSA) is 83.8 Å². The molecule has 2 aromatic heterocycles. The number of aromatic amines is 1. The molecule has 0 saturated heterocycles. The first kappa shape index (κ1) is 17.3. The van der Waals surface area contributed by atoms with Crippen LogP contribution in [-0.4, -0.2) is 33.0 Å². The Hall–Kier alpha value is -1.75. The zero-order chi connectivity index (χ0) is 15.8. The Kier molecular flexibility index (Phi) is 7.02. The van der Waals surface area contributed by atoms with Crippen molar-refractivity contribution in [2.45, 2.75) is 20.8 Å². The number of carbonyl (C=O) groups is 1. The Morgan fingerprint density at radius 2 is 2.29 bits per heavy atom.